The van der Waals surface area contributed by atoms with Crippen molar-refractivity contribution in [2.75, 3.05) is 11.9 Å². The van der Waals surface area contributed by atoms with Crippen LogP contribution in [-0.2, 0) is 4.79 Å². The number of hydrogen-bond donors (Lipinski definition) is 1. The van der Waals surface area contributed by atoms with Crippen molar-refractivity contribution in [1.82, 2.24) is 4.98 Å². The Morgan fingerprint density at radius 1 is 1.12 bits per heavy atom. The first kappa shape index (κ1) is 21.9. The van der Waals surface area contributed by atoms with E-state index < -0.39 is 0 Å². The summed E-state index contributed by atoms with van der Waals surface area (Å²) in [5.41, 5.74) is 5.05. The van der Waals surface area contributed by atoms with E-state index in [0.29, 0.717) is 33.9 Å². The van der Waals surface area contributed by atoms with Gasteiger partial charge in [0.15, 0.2) is 12.2 Å². The van der Waals surface area contributed by atoms with Crippen molar-refractivity contribution in [3.05, 3.63) is 76.8 Å². The third-order valence-corrected chi connectivity index (χ3v) is 5.79. The van der Waals surface area contributed by atoms with Crippen molar-refractivity contribution >= 4 is 34.3 Å². The van der Waals surface area contributed by atoms with Crippen LogP contribution in [0, 0.1) is 6.92 Å². The fraction of sp³-hybridized carbons (Fsp3) is 0.231. The Balaban J connectivity index is 1.43. The summed E-state index contributed by atoms with van der Waals surface area (Å²) in [4.78, 5) is 17.0. The highest BCUT2D eigenvalue weighted by Crippen LogP contribution is 2.31. The van der Waals surface area contributed by atoms with Gasteiger partial charge in [0.2, 0.25) is 5.89 Å². The lowest BCUT2D eigenvalue weighted by atomic mass is 9.99. The largest absolute Gasteiger partial charge is 0.484 e. The molecule has 32 heavy (non-hydrogen) atoms. The highest BCUT2D eigenvalue weighted by molar-refractivity contribution is 6.33. The van der Waals surface area contributed by atoms with Gasteiger partial charge < -0.3 is 14.5 Å². The Bertz CT molecular complexity index is 1250. The van der Waals surface area contributed by atoms with Gasteiger partial charge in [-0.2, -0.15) is 0 Å². The Labute approximate surface area is 192 Å². The van der Waals surface area contributed by atoms with Crippen LogP contribution in [0.15, 0.2) is 65.1 Å². The molecule has 1 heterocycles. The number of halogens is 1. The zero-order chi connectivity index (χ0) is 22.7. The molecular formula is C26H25ClN2O3. The molecule has 1 atom stereocenters. The Morgan fingerprint density at radius 2 is 1.91 bits per heavy atom. The smallest absolute Gasteiger partial charge is 0.262 e. The third-order valence-electron chi connectivity index (χ3n) is 5.46. The van der Waals surface area contributed by atoms with Crippen molar-refractivity contribution in [2.45, 2.75) is 33.1 Å². The number of aryl methyl sites for hydroxylation is 1. The Morgan fingerprint density at radius 3 is 2.66 bits per heavy atom. The normalized spacial score (nSPS) is 12.0. The fourth-order valence-electron chi connectivity index (χ4n) is 3.38. The summed E-state index contributed by atoms with van der Waals surface area (Å²) in [5.74, 6) is 1.31. The number of carbonyl (C=O) groups excluding carboxylic acids is 1. The van der Waals surface area contributed by atoms with E-state index in [1.54, 1.807) is 12.1 Å². The van der Waals surface area contributed by atoms with E-state index in [-0.39, 0.29) is 12.5 Å². The molecule has 4 aromatic rings. The molecule has 3 aromatic carbocycles. The number of oxazole rings is 1. The first-order valence-corrected chi connectivity index (χ1v) is 11.0. The second-order valence-electron chi connectivity index (χ2n) is 7.90. The molecule has 164 valence electrons. The lowest BCUT2D eigenvalue weighted by Gasteiger charge is -2.11. The molecule has 0 fully saturated rings. The van der Waals surface area contributed by atoms with Crippen LogP contribution in [0.1, 0.15) is 37.3 Å². The number of carbonyl (C=O) groups is 1. The number of aromatic nitrogens is 1. The van der Waals surface area contributed by atoms with Crippen LogP contribution in [0.4, 0.5) is 5.69 Å². The third kappa shape index (κ3) is 4.94. The molecule has 1 N–H and O–H groups in total. The molecule has 0 aliphatic rings. The van der Waals surface area contributed by atoms with Crippen molar-refractivity contribution in [3.63, 3.8) is 0 Å². The summed E-state index contributed by atoms with van der Waals surface area (Å²) in [6.07, 6.45) is 1.08. The van der Waals surface area contributed by atoms with Crippen molar-refractivity contribution < 1.29 is 13.9 Å². The maximum absolute atomic E-state index is 12.5. The van der Waals surface area contributed by atoms with Gasteiger partial charge in [-0.3, -0.25) is 4.79 Å². The molecule has 0 aliphatic heterocycles. The number of benzene rings is 3. The highest BCUT2D eigenvalue weighted by atomic mass is 35.5. The lowest BCUT2D eigenvalue weighted by Crippen LogP contribution is -2.20. The summed E-state index contributed by atoms with van der Waals surface area (Å²) < 4.78 is 11.5. The van der Waals surface area contributed by atoms with Crippen molar-refractivity contribution in [2.24, 2.45) is 0 Å². The van der Waals surface area contributed by atoms with Crippen molar-refractivity contribution in [1.29, 1.82) is 0 Å². The fourth-order valence-corrected chi connectivity index (χ4v) is 3.54. The Kier molecular flexibility index (Phi) is 6.47. The van der Waals surface area contributed by atoms with Crippen LogP contribution in [0.2, 0.25) is 5.02 Å². The van der Waals surface area contributed by atoms with Gasteiger partial charge >= 0.3 is 0 Å². The van der Waals surface area contributed by atoms with Crippen LogP contribution < -0.4 is 10.1 Å². The summed E-state index contributed by atoms with van der Waals surface area (Å²) in [5, 5.41) is 3.23. The summed E-state index contributed by atoms with van der Waals surface area (Å²) in [6.45, 7) is 6.23. The van der Waals surface area contributed by atoms with Gasteiger partial charge in [0.1, 0.15) is 11.3 Å². The first-order chi connectivity index (χ1) is 15.4. The van der Waals surface area contributed by atoms with Crippen LogP contribution in [0.5, 0.6) is 5.75 Å². The summed E-state index contributed by atoms with van der Waals surface area (Å²) in [7, 11) is 0. The van der Waals surface area contributed by atoms with E-state index in [1.165, 1.54) is 5.56 Å². The van der Waals surface area contributed by atoms with Crippen LogP contribution >= 0.6 is 11.6 Å². The lowest BCUT2D eigenvalue weighted by molar-refractivity contribution is -0.118. The molecule has 1 unspecified atom stereocenters. The quantitative estimate of drug-likeness (QED) is 0.331. The first-order valence-electron chi connectivity index (χ1n) is 10.6. The number of nitrogens with zero attached hydrogens (tertiary/aromatic N) is 1. The van der Waals surface area contributed by atoms with E-state index in [1.807, 2.05) is 55.5 Å². The van der Waals surface area contributed by atoms with Gasteiger partial charge in [0, 0.05) is 5.56 Å². The molecule has 0 saturated heterocycles. The monoisotopic (exact) mass is 448 g/mol. The average Bonchev–Trinajstić information content (AvgIpc) is 3.22. The van der Waals surface area contributed by atoms with Gasteiger partial charge in [-0.05, 0) is 72.9 Å². The molecule has 5 nitrogen and oxygen atoms in total. The molecular weight excluding hydrogens is 424 g/mol. The number of anilines is 1. The SMILES string of the molecule is CCC(C)c1ccc(OCC(=O)Nc2cc(-c3nc4cc(C)ccc4o3)ccc2Cl)cc1. The molecule has 1 aromatic heterocycles. The van der Waals surface area contributed by atoms with Gasteiger partial charge in [0.05, 0.1) is 10.7 Å². The number of ether oxygens (including phenoxy) is 1. The molecule has 0 radical (unpaired) electrons. The number of fused-ring (bicyclic) bond motifs is 1. The molecule has 6 heteroatoms. The maximum Gasteiger partial charge on any atom is 0.262 e. The molecule has 0 spiro atoms. The van der Waals surface area contributed by atoms with Crippen LogP contribution in [-0.4, -0.2) is 17.5 Å². The minimum Gasteiger partial charge on any atom is -0.484 e. The average molecular weight is 449 g/mol. The van der Waals surface area contributed by atoms with E-state index >= 15 is 0 Å². The van der Waals surface area contributed by atoms with Crippen LogP contribution in [0.25, 0.3) is 22.6 Å². The molecule has 1 amide bonds. The van der Waals surface area contributed by atoms with Gasteiger partial charge in [0.25, 0.3) is 5.91 Å². The van der Waals surface area contributed by atoms with E-state index in [9.17, 15) is 4.79 Å². The second-order valence-corrected chi connectivity index (χ2v) is 8.31. The van der Waals surface area contributed by atoms with E-state index in [2.05, 4.69) is 24.1 Å². The summed E-state index contributed by atoms with van der Waals surface area (Å²) >= 11 is 6.30. The Hall–Kier alpha value is -3.31. The van der Waals surface area contributed by atoms with Gasteiger partial charge in [-0.15, -0.1) is 0 Å². The number of nitrogens with one attached hydrogen (secondary N) is 1. The predicted octanol–water partition coefficient (Wildman–Crippen LogP) is 6.99. The second kappa shape index (κ2) is 9.45. The molecule has 0 saturated carbocycles. The summed E-state index contributed by atoms with van der Waals surface area (Å²) in [6, 6.07) is 18.9. The molecule has 4 rings (SSSR count). The zero-order valence-electron chi connectivity index (χ0n) is 18.3. The highest BCUT2D eigenvalue weighted by Gasteiger charge is 2.13. The number of amides is 1. The topological polar surface area (TPSA) is 64.4 Å². The predicted molar refractivity (Wildman–Crippen MR) is 128 cm³/mol. The van der Waals surface area contributed by atoms with Crippen molar-refractivity contribution in [3.8, 4) is 17.2 Å². The molecule has 0 bridgehead atoms. The standard InChI is InChI=1S/C26H25ClN2O3/c1-4-17(3)18-6-9-20(10-7-18)31-15-25(30)28-22-14-19(8-11-21(22)27)26-29-23-13-16(2)5-12-24(23)32-26/h5-14,17H,4,15H2,1-3H3,(H,28,30). The van der Waals surface area contributed by atoms with E-state index in [4.69, 9.17) is 20.8 Å². The minimum atomic E-state index is -0.303. The van der Waals surface area contributed by atoms with Crippen LogP contribution in [0.3, 0.4) is 0 Å². The zero-order valence-corrected chi connectivity index (χ0v) is 19.1. The number of hydrogen-bond acceptors (Lipinski definition) is 4. The van der Waals surface area contributed by atoms with E-state index in [0.717, 1.165) is 23.1 Å². The van der Waals surface area contributed by atoms with Gasteiger partial charge in [-0.1, -0.05) is 43.6 Å². The van der Waals surface area contributed by atoms with Gasteiger partial charge in [-0.25, -0.2) is 4.98 Å². The number of rotatable bonds is 7. The molecule has 0 aliphatic carbocycles. The maximum atomic E-state index is 12.5. The minimum absolute atomic E-state index is 0.120.